The van der Waals surface area contributed by atoms with Crippen LogP contribution in [0.1, 0.15) is 33.3 Å². The third kappa shape index (κ3) is 4.92. The summed E-state index contributed by atoms with van der Waals surface area (Å²) in [4.78, 5) is 25.1. The van der Waals surface area contributed by atoms with Gasteiger partial charge in [-0.25, -0.2) is 0 Å². The number of hydrogen-bond donors (Lipinski definition) is 1. The molecule has 1 aromatic carbocycles. The molecule has 5 heteroatoms. The summed E-state index contributed by atoms with van der Waals surface area (Å²) in [7, 11) is 0. The first-order valence-electron chi connectivity index (χ1n) is 6.82. The molecular formula is C16H21N3O2. The van der Waals surface area contributed by atoms with Crippen molar-refractivity contribution in [3.05, 3.63) is 29.8 Å². The van der Waals surface area contributed by atoms with Crippen LogP contribution in [0.4, 0.5) is 5.69 Å². The Bertz CT molecular complexity index is 550. The molecule has 1 rings (SSSR count). The van der Waals surface area contributed by atoms with Crippen molar-refractivity contribution in [3.8, 4) is 6.07 Å². The molecule has 0 radical (unpaired) electrons. The Balaban J connectivity index is 2.69. The molecule has 0 fully saturated rings. The second-order valence-electron chi connectivity index (χ2n) is 5.84. The predicted molar refractivity (Wildman–Crippen MR) is 81.6 cm³/mol. The minimum Gasteiger partial charge on any atom is -0.354 e. The van der Waals surface area contributed by atoms with Gasteiger partial charge in [0.15, 0.2) is 0 Å². The summed E-state index contributed by atoms with van der Waals surface area (Å²) in [6, 6.07) is 8.82. The average molecular weight is 287 g/mol. The molecule has 0 atom stereocenters. The van der Waals surface area contributed by atoms with E-state index in [0.717, 1.165) is 0 Å². The van der Waals surface area contributed by atoms with Crippen molar-refractivity contribution in [2.24, 2.45) is 5.41 Å². The fourth-order valence-electron chi connectivity index (χ4n) is 1.73. The van der Waals surface area contributed by atoms with Crippen LogP contribution in [0.3, 0.4) is 0 Å². The highest BCUT2D eigenvalue weighted by molar-refractivity contribution is 5.91. The van der Waals surface area contributed by atoms with E-state index in [0.29, 0.717) is 24.3 Å². The molecule has 21 heavy (non-hydrogen) atoms. The highest BCUT2D eigenvalue weighted by Crippen LogP contribution is 2.15. The number of rotatable bonds is 4. The summed E-state index contributed by atoms with van der Waals surface area (Å²) in [5.74, 6) is -0.157. The van der Waals surface area contributed by atoms with Crippen LogP contribution in [0, 0.1) is 16.7 Å². The quantitative estimate of drug-likeness (QED) is 0.921. The van der Waals surface area contributed by atoms with E-state index < -0.39 is 5.41 Å². The van der Waals surface area contributed by atoms with Gasteiger partial charge in [-0.1, -0.05) is 20.8 Å². The summed E-state index contributed by atoms with van der Waals surface area (Å²) in [6.07, 6.45) is 0. The van der Waals surface area contributed by atoms with Crippen LogP contribution in [-0.4, -0.2) is 24.9 Å². The van der Waals surface area contributed by atoms with E-state index in [1.165, 1.54) is 6.92 Å². The number of amides is 2. The molecule has 0 spiro atoms. The molecule has 0 aromatic heterocycles. The molecule has 1 N–H and O–H groups in total. The Morgan fingerprint density at radius 1 is 1.24 bits per heavy atom. The van der Waals surface area contributed by atoms with Gasteiger partial charge >= 0.3 is 0 Å². The minimum atomic E-state index is -0.449. The number of anilines is 1. The maximum absolute atomic E-state index is 11.8. The first-order valence-corrected chi connectivity index (χ1v) is 6.82. The molecular weight excluding hydrogens is 266 g/mol. The monoisotopic (exact) mass is 287 g/mol. The Hall–Kier alpha value is -2.35. The highest BCUT2D eigenvalue weighted by atomic mass is 16.2. The molecule has 0 aliphatic heterocycles. The van der Waals surface area contributed by atoms with E-state index in [-0.39, 0.29) is 11.8 Å². The highest BCUT2D eigenvalue weighted by Gasteiger charge is 2.21. The Morgan fingerprint density at radius 2 is 1.81 bits per heavy atom. The Morgan fingerprint density at radius 3 is 2.24 bits per heavy atom. The number of benzene rings is 1. The van der Waals surface area contributed by atoms with Crippen LogP contribution < -0.4 is 10.2 Å². The summed E-state index contributed by atoms with van der Waals surface area (Å²) < 4.78 is 0. The minimum absolute atomic E-state index is 0.0502. The lowest BCUT2D eigenvalue weighted by molar-refractivity contribution is -0.128. The molecule has 0 saturated heterocycles. The molecule has 112 valence electrons. The molecule has 0 aliphatic rings. The van der Waals surface area contributed by atoms with Crippen molar-refractivity contribution in [1.82, 2.24) is 5.32 Å². The number of nitrogens with one attached hydrogen (secondary N) is 1. The molecule has 0 unspecified atom stereocenters. The largest absolute Gasteiger partial charge is 0.354 e. The van der Waals surface area contributed by atoms with Crippen molar-refractivity contribution in [1.29, 1.82) is 5.26 Å². The van der Waals surface area contributed by atoms with Crippen LogP contribution in [0.15, 0.2) is 24.3 Å². The van der Waals surface area contributed by atoms with E-state index in [9.17, 15) is 9.59 Å². The first-order chi connectivity index (χ1) is 9.75. The molecule has 2 amide bonds. The van der Waals surface area contributed by atoms with Crippen molar-refractivity contribution < 1.29 is 9.59 Å². The standard InChI is InChI=1S/C16H21N3O2/c1-12(20)19(10-9-18-15(21)16(2,3)4)14-7-5-13(11-17)6-8-14/h5-8H,9-10H2,1-4H3,(H,18,21). The zero-order valence-corrected chi connectivity index (χ0v) is 12.9. The van der Waals surface area contributed by atoms with Crippen LogP contribution >= 0.6 is 0 Å². The lowest BCUT2D eigenvalue weighted by Gasteiger charge is -2.23. The summed E-state index contributed by atoms with van der Waals surface area (Å²) >= 11 is 0. The maximum atomic E-state index is 11.8. The fraction of sp³-hybridized carbons (Fsp3) is 0.438. The average Bonchev–Trinajstić information content (AvgIpc) is 2.42. The van der Waals surface area contributed by atoms with Gasteiger partial charge in [0.2, 0.25) is 11.8 Å². The van der Waals surface area contributed by atoms with Crippen LogP contribution in [0.25, 0.3) is 0 Å². The van der Waals surface area contributed by atoms with Crippen LogP contribution in [0.5, 0.6) is 0 Å². The molecule has 0 bridgehead atoms. The Kier molecular flexibility index (Phi) is 5.48. The summed E-state index contributed by atoms with van der Waals surface area (Å²) in [5.41, 5.74) is 0.810. The number of nitriles is 1. The van der Waals surface area contributed by atoms with Crippen molar-refractivity contribution in [2.75, 3.05) is 18.0 Å². The smallest absolute Gasteiger partial charge is 0.225 e. The summed E-state index contributed by atoms with van der Waals surface area (Å²) in [5, 5.41) is 11.6. The van der Waals surface area contributed by atoms with Crippen molar-refractivity contribution >= 4 is 17.5 Å². The van der Waals surface area contributed by atoms with E-state index in [1.807, 2.05) is 26.8 Å². The van der Waals surface area contributed by atoms with Crippen molar-refractivity contribution in [2.45, 2.75) is 27.7 Å². The molecule has 1 aromatic rings. The normalized spacial score (nSPS) is 10.6. The lowest BCUT2D eigenvalue weighted by Crippen LogP contribution is -2.41. The number of nitrogens with zero attached hydrogens (tertiary/aromatic N) is 2. The van der Waals surface area contributed by atoms with Gasteiger partial charge in [-0.2, -0.15) is 5.26 Å². The van der Waals surface area contributed by atoms with Gasteiger partial charge in [0.1, 0.15) is 0 Å². The van der Waals surface area contributed by atoms with E-state index in [4.69, 9.17) is 5.26 Å². The molecule has 0 aliphatic carbocycles. The molecule has 5 nitrogen and oxygen atoms in total. The van der Waals surface area contributed by atoms with Gasteiger partial charge in [-0.3, -0.25) is 9.59 Å². The van der Waals surface area contributed by atoms with Gasteiger partial charge in [-0.05, 0) is 24.3 Å². The lowest BCUT2D eigenvalue weighted by atomic mass is 9.96. The topological polar surface area (TPSA) is 73.2 Å². The Labute approximate surface area is 125 Å². The third-order valence-corrected chi connectivity index (χ3v) is 2.99. The van der Waals surface area contributed by atoms with Crippen molar-refractivity contribution in [3.63, 3.8) is 0 Å². The predicted octanol–water partition coefficient (Wildman–Crippen LogP) is 2.07. The summed E-state index contributed by atoms with van der Waals surface area (Å²) in [6.45, 7) is 7.77. The zero-order chi connectivity index (χ0) is 16.0. The van der Waals surface area contributed by atoms with Gasteiger partial charge < -0.3 is 10.2 Å². The SMILES string of the molecule is CC(=O)N(CCNC(=O)C(C)(C)C)c1ccc(C#N)cc1. The fourth-order valence-corrected chi connectivity index (χ4v) is 1.73. The maximum Gasteiger partial charge on any atom is 0.225 e. The van der Waals surface area contributed by atoms with Gasteiger partial charge in [-0.15, -0.1) is 0 Å². The second kappa shape index (κ2) is 6.89. The number of hydrogen-bond acceptors (Lipinski definition) is 3. The number of carbonyl (C=O) groups is 2. The van der Waals surface area contributed by atoms with Crippen LogP contribution in [0.2, 0.25) is 0 Å². The molecule has 0 heterocycles. The molecule has 0 saturated carbocycles. The van der Waals surface area contributed by atoms with Crippen LogP contribution in [-0.2, 0) is 9.59 Å². The van der Waals surface area contributed by atoms with E-state index in [1.54, 1.807) is 29.2 Å². The second-order valence-corrected chi connectivity index (χ2v) is 5.84. The van der Waals surface area contributed by atoms with E-state index in [2.05, 4.69) is 5.32 Å². The zero-order valence-electron chi connectivity index (χ0n) is 12.9. The van der Waals surface area contributed by atoms with Gasteiger partial charge in [0, 0.05) is 31.1 Å². The van der Waals surface area contributed by atoms with Gasteiger partial charge in [0.05, 0.1) is 11.6 Å². The third-order valence-electron chi connectivity index (χ3n) is 2.99. The first kappa shape index (κ1) is 16.7. The van der Waals surface area contributed by atoms with Gasteiger partial charge in [0.25, 0.3) is 0 Å². The van der Waals surface area contributed by atoms with E-state index >= 15 is 0 Å². The number of carbonyl (C=O) groups excluding carboxylic acids is 2.